The smallest absolute Gasteiger partial charge is 0.192 e. The predicted molar refractivity (Wildman–Crippen MR) is 93.4 cm³/mol. The molecule has 0 aliphatic heterocycles. The largest absolute Gasteiger partial charge is 0.412 e. The van der Waals surface area contributed by atoms with Gasteiger partial charge in [-0.2, -0.15) is 0 Å². The van der Waals surface area contributed by atoms with E-state index in [1.807, 2.05) is 6.92 Å². The first kappa shape index (κ1) is 17.8. The summed E-state index contributed by atoms with van der Waals surface area (Å²) >= 11 is 0. The lowest BCUT2D eigenvalue weighted by atomic mass is 10.2. The minimum absolute atomic E-state index is 0.0747. The summed E-state index contributed by atoms with van der Waals surface area (Å²) in [5.41, 5.74) is 5.61. The van der Waals surface area contributed by atoms with Gasteiger partial charge in [0.05, 0.1) is 12.9 Å². The van der Waals surface area contributed by atoms with Gasteiger partial charge in [-0.3, -0.25) is 4.57 Å². The molecular weight excluding hydrogens is 310 g/mol. The fourth-order valence-electron chi connectivity index (χ4n) is 2.01. The van der Waals surface area contributed by atoms with E-state index in [1.165, 1.54) is 6.33 Å². The lowest BCUT2D eigenvalue weighted by Crippen LogP contribution is -2.47. The highest BCUT2D eigenvalue weighted by Crippen LogP contribution is 2.37. The van der Waals surface area contributed by atoms with Crippen LogP contribution in [0.1, 0.15) is 34.1 Å². The summed E-state index contributed by atoms with van der Waals surface area (Å²) < 4.78 is 7.85. The van der Waals surface area contributed by atoms with Crippen molar-refractivity contribution >= 4 is 25.3 Å². The van der Waals surface area contributed by atoms with E-state index in [4.69, 9.17) is 10.2 Å². The molecule has 0 amide bonds. The van der Waals surface area contributed by atoms with Crippen molar-refractivity contribution in [1.29, 1.82) is 0 Å². The van der Waals surface area contributed by atoms with E-state index in [0.29, 0.717) is 23.4 Å². The molecule has 0 bridgehead atoms. The summed E-state index contributed by atoms with van der Waals surface area (Å²) in [5, 5.41) is 11.2. The van der Waals surface area contributed by atoms with Gasteiger partial charge in [0.15, 0.2) is 25.5 Å². The van der Waals surface area contributed by atoms with Crippen LogP contribution in [0.4, 0.5) is 5.82 Å². The van der Waals surface area contributed by atoms with E-state index in [0.717, 1.165) is 0 Å². The lowest BCUT2D eigenvalue weighted by molar-refractivity contribution is -0.0775. The first-order valence-electron chi connectivity index (χ1n) is 7.82. The van der Waals surface area contributed by atoms with E-state index in [2.05, 4.69) is 48.8 Å². The predicted octanol–water partition coefficient (Wildman–Crippen LogP) is 2.49. The molecular formula is C15H27N5O2Si. The number of hydrogen-bond acceptors (Lipinski definition) is 6. The molecule has 1 unspecified atom stereocenters. The SMILES string of the molecule is CCC(O)(CO[Si](C)(C)C(C)(C)C)n1cnc2c(N)ncnc21. The van der Waals surface area contributed by atoms with Gasteiger partial charge in [-0.15, -0.1) is 0 Å². The van der Waals surface area contributed by atoms with Gasteiger partial charge >= 0.3 is 0 Å². The van der Waals surface area contributed by atoms with Crippen molar-refractivity contribution in [2.75, 3.05) is 12.3 Å². The molecule has 3 N–H and O–H groups in total. The molecule has 0 fully saturated rings. The van der Waals surface area contributed by atoms with E-state index < -0.39 is 14.0 Å². The highest BCUT2D eigenvalue weighted by Gasteiger charge is 2.40. The number of hydrogen-bond donors (Lipinski definition) is 2. The molecule has 8 heteroatoms. The Morgan fingerprint density at radius 3 is 2.48 bits per heavy atom. The first-order chi connectivity index (χ1) is 10.5. The number of anilines is 1. The molecule has 0 spiro atoms. The second kappa shape index (κ2) is 5.84. The number of fused-ring (bicyclic) bond motifs is 1. The summed E-state index contributed by atoms with van der Waals surface area (Å²) in [6, 6.07) is 0. The molecule has 0 radical (unpaired) electrons. The average Bonchev–Trinajstić information content (AvgIpc) is 2.90. The van der Waals surface area contributed by atoms with Crippen LogP contribution < -0.4 is 5.73 Å². The molecule has 0 aromatic carbocycles. The van der Waals surface area contributed by atoms with Crippen molar-refractivity contribution in [3.63, 3.8) is 0 Å². The van der Waals surface area contributed by atoms with Gasteiger partial charge in [0.2, 0.25) is 0 Å². The number of aliphatic hydroxyl groups is 1. The third-order valence-corrected chi connectivity index (χ3v) is 9.33. The Morgan fingerprint density at radius 1 is 1.26 bits per heavy atom. The molecule has 2 heterocycles. The average molecular weight is 338 g/mol. The molecule has 1 atom stereocenters. The molecule has 2 aromatic rings. The molecule has 0 saturated carbocycles. The van der Waals surface area contributed by atoms with Crippen LogP contribution in [-0.4, -0.2) is 39.5 Å². The number of rotatable bonds is 5. The van der Waals surface area contributed by atoms with Crippen LogP contribution in [0.25, 0.3) is 11.2 Å². The first-order valence-corrected chi connectivity index (χ1v) is 10.7. The topological polar surface area (TPSA) is 99.1 Å². The Labute approximate surface area is 138 Å². The van der Waals surface area contributed by atoms with Crippen LogP contribution in [0.15, 0.2) is 12.7 Å². The van der Waals surface area contributed by atoms with E-state index in [-0.39, 0.29) is 11.6 Å². The van der Waals surface area contributed by atoms with Gasteiger partial charge in [-0.25, -0.2) is 15.0 Å². The van der Waals surface area contributed by atoms with Gasteiger partial charge in [0.1, 0.15) is 11.8 Å². The number of nitrogens with zero attached hydrogens (tertiary/aromatic N) is 4. The minimum Gasteiger partial charge on any atom is -0.412 e. The van der Waals surface area contributed by atoms with Crippen molar-refractivity contribution in [2.45, 2.75) is 58.0 Å². The van der Waals surface area contributed by atoms with Crippen LogP contribution in [0.3, 0.4) is 0 Å². The Kier molecular flexibility index (Phi) is 4.53. The standard InChI is InChI=1S/C15H27N5O2Si/c1-7-15(21,8-22-23(5,6)14(2,3)4)20-10-19-11-12(16)17-9-18-13(11)20/h9-10,21H,7-8H2,1-6H3,(H2,16,17,18). The number of aromatic nitrogens is 4. The molecule has 2 aromatic heterocycles. The molecule has 0 saturated heterocycles. The fourth-order valence-corrected chi connectivity index (χ4v) is 3.04. The maximum atomic E-state index is 11.1. The normalized spacial score (nSPS) is 15.8. The molecule has 0 aliphatic carbocycles. The third kappa shape index (κ3) is 3.24. The molecule has 23 heavy (non-hydrogen) atoms. The second-order valence-corrected chi connectivity index (χ2v) is 12.2. The third-order valence-electron chi connectivity index (χ3n) is 4.85. The monoisotopic (exact) mass is 337 g/mol. The zero-order valence-corrected chi connectivity index (χ0v) is 15.8. The Bertz CT molecular complexity index is 695. The number of nitrogens with two attached hydrogens (primary N) is 1. The zero-order chi connectivity index (χ0) is 17.5. The van der Waals surface area contributed by atoms with Gasteiger partial charge in [-0.05, 0) is 24.6 Å². The Hall–Kier alpha value is -1.51. The molecule has 128 valence electrons. The minimum atomic E-state index is -1.97. The highest BCUT2D eigenvalue weighted by molar-refractivity contribution is 6.74. The van der Waals surface area contributed by atoms with E-state index in [1.54, 1.807) is 10.9 Å². The van der Waals surface area contributed by atoms with Crippen molar-refractivity contribution in [3.8, 4) is 0 Å². The summed E-state index contributed by atoms with van der Waals surface area (Å²) in [4.78, 5) is 12.4. The van der Waals surface area contributed by atoms with E-state index in [9.17, 15) is 5.11 Å². The van der Waals surface area contributed by atoms with Crippen molar-refractivity contribution in [3.05, 3.63) is 12.7 Å². The van der Waals surface area contributed by atoms with Gasteiger partial charge in [-0.1, -0.05) is 27.7 Å². The van der Waals surface area contributed by atoms with Gasteiger partial charge in [0, 0.05) is 0 Å². The van der Waals surface area contributed by atoms with Crippen LogP contribution in [-0.2, 0) is 10.2 Å². The summed E-state index contributed by atoms with van der Waals surface area (Å²) in [6.45, 7) is 12.9. The number of nitrogen functional groups attached to an aromatic ring is 1. The van der Waals surface area contributed by atoms with Crippen molar-refractivity contribution < 1.29 is 9.53 Å². The molecule has 2 rings (SSSR count). The Morgan fingerprint density at radius 2 is 1.91 bits per heavy atom. The van der Waals surface area contributed by atoms with E-state index >= 15 is 0 Å². The molecule has 7 nitrogen and oxygen atoms in total. The van der Waals surface area contributed by atoms with Gasteiger partial charge < -0.3 is 15.3 Å². The van der Waals surface area contributed by atoms with Crippen molar-refractivity contribution in [2.24, 2.45) is 0 Å². The second-order valence-electron chi connectivity index (χ2n) is 7.43. The van der Waals surface area contributed by atoms with Gasteiger partial charge in [0.25, 0.3) is 0 Å². The maximum absolute atomic E-state index is 11.1. The van der Waals surface area contributed by atoms with Crippen molar-refractivity contribution in [1.82, 2.24) is 19.5 Å². The fraction of sp³-hybridized carbons (Fsp3) is 0.667. The van der Waals surface area contributed by atoms with Crippen LogP contribution in [0.5, 0.6) is 0 Å². The maximum Gasteiger partial charge on any atom is 0.192 e. The highest BCUT2D eigenvalue weighted by atomic mass is 28.4. The zero-order valence-electron chi connectivity index (χ0n) is 14.8. The summed E-state index contributed by atoms with van der Waals surface area (Å²) in [5.74, 6) is 0.303. The molecule has 0 aliphatic rings. The lowest BCUT2D eigenvalue weighted by Gasteiger charge is -2.39. The van der Waals surface area contributed by atoms with Crippen LogP contribution in [0, 0.1) is 0 Å². The van der Waals surface area contributed by atoms with Crippen LogP contribution in [0.2, 0.25) is 18.1 Å². The summed E-state index contributed by atoms with van der Waals surface area (Å²) in [6.07, 6.45) is 3.39. The summed E-state index contributed by atoms with van der Waals surface area (Å²) in [7, 11) is -1.97. The number of imidazole rings is 1. The quantitative estimate of drug-likeness (QED) is 0.813. The van der Waals surface area contributed by atoms with Crippen LogP contribution >= 0.6 is 0 Å². The Balaban J connectivity index is 2.35.